The number of rotatable bonds is 6. The molecule has 2 aromatic carbocycles. The number of nitro benzene ring substituents is 1. The molecular formula is C21H26N3O3+. The van der Waals surface area contributed by atoms with E-state index in [4.69, 9.17) is 0 Å². The zero-order valence-corrected chi connectivity index (χ0v) is 15.8. The van der Waals surface area contributed by atoms with Gasteiger partial charge in [-0.3, -0.25) is 14.9 Å². The number of likely N-dealkylation sites (N-methyl/N-ethyl adjacent to an activating group) is 1. The summed E-state index contributed by atoms with van der Waals surface area (Å²) in [5.74, 6) is -0.0819. The summed E-state index contributed by atoms with van der Waals surface area (Å²) < 4.78 is 0.803. The maximum absolute atomic E-state index is 12.0. The molecule has 0 aliphatic carbocycles. The first-order valence-corrected chi connectivity index (χ1v) is 9.31. The van der Waals surface area contributed by atoms with Gasteiger partial charge in [0.2, 0.25) is 5.91 Å². The van der Waals surface area contributed by atoms with E-state index in [-0.39, 0.29) is 28.6 Å². The molecule has 1 amide bonds. The van der Waals surface area contributed by atoms with Gasteiger partial charge in [-0.25, -0.2) is 0 Å². The standard InChI is InChI=1S/C21H25N3O3/c1-16(25)22-20(17-8-4-3-5-9-17)21(24(2)14-6-7-15-24)18-10-12-19(13-11-18)23(26)27/h3-5,8-13,20-21H,6-7,14-15H2,1-2H3/p+1/t20-,21?/m0/s1. The van der Waals surface area contributed by atoms with Gasteiger partial charge in [-0.15, -0.1) is 0 Å². The van der Waals surface area contributed by atoms with Crippen molar-refractivity contribution in [3.8, 4) is 0 Å². The van der Waals surface area contributed by atoms with Gasteiger partial charge in [-0.05, 0) is 17.7 Å². The van der Waals surface area contributed by atoms with E-state index in [2.05, 4.69) is 12.4 Å². The molecule has 0 bridgehead atoms. The van der Waals surface area contributed by atoms with Gasteiger partial charge in [-0.1, -0.05) is 30.3 Å². The summed E-state index contributed by atoms with van der Waals surface area (Å²) in [5.41, 5.74) is 2.13. The van der Waals surface area contributed by atoms with Crippen molar-refractivity contribution in [2.75, 3.05) is 20.1 Å². The molecule has 2 aromatic rings. The highest BCUT2D eigenvalue weighted by molar-refractivity contribution is 5.73. The van der Waals surface area contributed by atoms with Crippen molar-refractivity contribution in [3.05, 3.63) is 75.8 Å². The van der Waals surface area contributed by atoms with Gasteiger partial charge in [0, 0.05) is 37.5 Å². The van der Waals surface area contributed by atoms with Crippen molar-refractivity contribution in [3.63, 3.8) is 0 Å². The summed E-state index contributed by atoms with van der Waals surface area (Å²) in [4.78, 5) is 22.7. The van der Waals surface area contributed by atoms with Gasteiger partial charge < -0.3 is 9.80 Å². The normalized spacial score (nSPS) is 17.9. The lowest BCUT2D eigenvalue weighted by Crippen LogP contribution is -2.50. The molecule has 0 radical (unpaired) electrons. The summed E-state index contributed by atoms with van der Waals surface area (Å²) in [5, 5.41) is 14.2. The lowest BCUT2D eigenvalue weighted by atomic mass is 9.90. The van der Waals surface area contributed by atoms with E-state index in [1.54, 1.807) is 12.1 Å². The van der Waals surface area contributed by atoms with Crippen LogP contribution in [0.2, 0.25) is 0 Å². The second kappa shape index (κ2) is 7.88. The van der Waals surface area contributed by atoms with E-state index >= 15 is 0 Å². The number of quaternary nitrogens is 1. The number of nitrogens with zero attached hydrogens (tertiary/aromatic N) is 2. The molecule has 1 aliphatic heterocycles. The number of amides is 1. The van der Waals surface area contributed by atoms with Crippen molar-refractivity contribution in [2.45, 2.75) is 31.8 Å². The van der Waals surface area contributed by atoms with Crippen molar-refractivity contribution in [1.82, 2.24) is 5.32 Å². The largest absolute Gasteiger partial charge is 0.343 e. The molecule has 6 heteroatoms. The molecule has 142 valence electrons. The van der Waals surface area contributed by atoms with Crippen LogP contribution < -0.4 is 5.32 Å². The van der Waals surface area contributed by atoms with Gasteiger partial charge in [0.05, 0.1) is 25.1 Å². The fourth-order valence-corrected chi connectivity index (χ4v) is 4.27. The third kappa shape index (κ3) is 4.17. The third-order valence-corrected chi connectivity index (χ3v) is 5.54. The number of nitrogens with one attached hydrogen (secondary N) is 1. The number of carbonyl (C=O) groups is 1. The van der Waals surface area contributed by atoms with Crippen LogP contribution >= 0.6 is 0 Å². The summed E-state index contributed by atoms with van der Waals surface area (Å²) in [7, 11) is 2.22. The Bertz CT molecular complexity index is 799. The van der Waals surface area contributed by atoms with Crippen LogP contribution in [0, 0.1) is 10.1 Å². The molecule has 1 saturated heterocycles. The van der Waals surface area contributed by atoms with Crippen molar-refractivity contribution in [2.24, 2.45) is 0 Å². The van der Waals surface area contributed by atoms with Gasteiger partial charge >= 0.3 is 0 Å². The molecule has 0 spiro atoms. The molecule has 3 rings (SSSR count). The van der Waals surface area contributed by atoms with E-state index in [1.165, 1.54) is 6.92 Å². The van der Waals surface area contributed by atoms with Crippen molar-refractivity contribution >= 4 is 11.6 Å². The SMILES string of the molecule is CC(=O)N[C@@H](c1ccccc1)C(c1ccc([N+](=O)[O-])cc1)[N+]1(C)CCCC1. The fourth-order valence-electron chi connectivity index (χ4n) is 4.27. The zero-order chi connectivity index (χ0) is 19.4. The minimum absolute atomic E-state index is 0.0143. The number of hydrogen-bond donors (Lipinski definition) is 1. The quantitative estimate of drug-likeness (QED) is 0.479. The number of nitro groups is 1. The van der Waals surface area contributed by atoms with Crippen LogP contribution in [0.5, 0.6) is 0 Å². The predicted octanol–water partition coefficient (Wildman–Crippen LogP) is 3.75. The molecule has 0 saturated carbocycles. The highest BCUT2D eigenvalue weighted by Crippen LogP contribution is 2.41. The van der Waals surface area contributed by atoms with E-state index in [0.29, 0.717) is 0 Å². The molecule has 6 nitrogen and oxygen atoms in total. The Morgan fingerprint density at radius 1 is 1.04 bits per heavy atom. The highest BCUT2D eigenvalue weighted by Gasteiger charge is 2.43. The molecule has 27 heavy (non-hydrogen) atoms. The van der Waals surface area contributed by atoms with Gasteiger partial charge in [-0.2, -0.15) is 0 Å². The smallest absolute Gasteiger partial charge is 0.269 e. The Morgan fingerprint density at radius 2 is 1.63 bits per heavy atom. The van der Waals surface area contributed by atoms with Crippen LogP contribution in [0.3, 0.4) is 0 Å². The second-order valence-electron chi connectivity index (χ2n) is 7.52. The average molecular weight is 368 g/mol. The lowest BCUT2D eigenvalue weighted by molar-refractivity contribution is -0.930. The Balaban J connectivity index is 2.09. The minimum atomic E-state index is -0.382. The molecule has 1 heterocycles. The molecule has 0 aromatic heterocycles. The van der Waals surface area contributed by atoms with Gasteiger partial charge in [0.25, 0.3) is 5.69 Å². The van der Waals surface area contributed by atoms with Gasteiger partial charge in [0.15, 0.2) is 0 Å². The molecule has 2 atom stereocenters. The molecule has 1 N–H and O–H groups in total. The number of non-ortho nitro benzene ring substituents is 1. The first kappa shape index (κ1) is 19.0. The molecule has 1 unspecified atom stereocenters. The van der Waals surface area contributed by atoms with Crippen LogP contribution in [0.4, 0.5) is 5.69 Å². The van der Waals surface area contributed by atoms with Crippen LogP contribution in [-0.2, 0) is 4.79 Å². The van der Waals surface area contributed by atoms with Crippen LogP contribution in [0.1, 0.15) is 43.0 Å². The fraction of sp³-hybridized carbons (Fsp3) is 0.381. The summed E-state index contributed by atoms with van der Waals surface area (Å²) >= 11 is 0. The van der Waals surface area contributed by atoms with Crippen LogP contribution in [0.15, 0.2) is 54.6 Å². The summed E-state index contributed by atoms with van der Waals surface area (Å²) in [6.45, 7) is 3.57. The summed E-state index contributed by atoms with van der Waals surface area (Å²) in [6, 6.07) is 16.5. The van der Waals surface area contributed by atoms with Crippen LogP contribution in [0.25, 0.3) is 0 Å². The number of benzene rings is 2. The summed E-state index contributed by atoms with van der Waals surface area (Å²) in [6.07, 6.45) is 2.28. The Labute approximate surface area is 159 Å². The third-order valence-electron chi connectivity index (χ3n) is 5.54. The number of likely N-dealkylation sites (tertiary alicyclic amines) is 1. The highest BCUT2D eigenvalue weighted by atomic mass is 16.6. The van der Waals surface area contributed by atoms with E-state index in [1.807, 2.05) is 42.5 Å². The van der Waals surface area contributed by atoms with E-state index in [0.717, 1.165) is 41.5 Å². The second-order valence-corrected chi connectivity index (χ2v) is 7.52. The average Bonchev–Trinajstić information content (AvgIpc) is 3.09. The van der Waals surface area contributed by atoms with E-state index < -0.39 is 0 Å². The Hall–Kier alpha value is -2.73. The Kier molecular flexibility index (Phi) is 5.56. The van der Waals surface area contributed by atoms with Gasteiger partial charge in [0.1, 0.15) is 12.1 Å². The molecular weight excluding hydrogens is 342 g/mol. The lowest BCUT2D eigenvalue weighted by Gasteiger charge is -2.42. The number of hydrogen-bond acceptors (Lipinski definition) is 3. The Morgan fingerprint density at radius 3 is 2.15 bits per heavy atom. The van der Waals surface area contributed by atoms with Crippen molar-refractivity contribution in [1.29, 1.82) is 0 Å². The molecule has 1 fully saturated rings. The maximum Gasteiger partial charge on any atom is 0.269 e. The number of carbonyl (C=O) groups excluding carboxylic acids is 1. The monoisotopic (exact) mass is 368 g/mol. The van der Waals surface area contributed by atoms with Crippen LogP contribution in [-0.4, -0.2) is 35.5 Å². The molecule has 1 aliphatic rings. The van der Waals surface area contributed by atoms with Crippen molar-refractivity contribution < 1.29 is 14.2 Å². The first-order valence-electron chi connectivity index (χ1n) is 9.31. The van der Waals surface area contributed by atoms with E-state index in [9.17, 15) is 14.9 Å². The minimum Gasteiger partial charge on any atom is -0.343 e. The predicted molar refractivity (Wildman–Crippen MR) is 104 cm³/mol. The first-order chi connectivity index (χ1) is 12.9. The topological polar surface area (TPSA) is 72.2 Å². The maximum atomic E-state index is 12.0. The zero-order valence-electron chi connectivity index (χ0n) is 15.8.